The quantitative estimate of drug-likeness (QED) is 0.858. The van der Waals surface area contributed by atoms with Crippen LogP contribution >= 0.6 is 0 Å². The molecule has 1 amide bonds. The molecule has 0 aliphatic rings. The molecule has 2 rings (SSSR count). The molecule has 0 aliphatic carbocycles. The van der Waals surface area contributed by atoms with Crippen LogP contribution in [-0.2, 0) is 21.2 Å². The van der Waals surface area contributed by atoms with Gasteiger partial charge in [-0.2, -0.15) is 0 Å². The lowest BCUT2D eigenvalue weighted by Gasteiger charge is -2.11. The zero-order valence-electron chi connectivity index (χ0n) is 13.1. The molecular formula is C16H16FNO5S. The second-order valence-electron chi connectivity index (χ2n) is 4.85. The van der Waals surface area contributed by atoms with Crippen LogP contribution in [0.15, 0.2) is 47.4 Å². The molecule has 8 heteroatoms. The topological polar surface area (TPSA) is 81.7 Å². The number of rotatable bonds is 6. The SMILES string of the molecule is COc1ccc(S(=O)(=O)NC(=O)Cc2ccc(F)cc2)cc1OC. The number of methoxy groups -OCH3 is 2. The minimum absolute atomic E-state index is 0.132. The summed E-state index contributed by atoms with van der Waals surface area (Å²) in [5, 5.41) is 0. The first kappa shape index (κ1) is 17.7. The van der Waals surface area contributed by atoms with Gasteiger partial charge in [0.25, 0.3) is 10.0 Å². The third-order valence-corrected chi connectivity index (χ3v) is 4.56. The fourth-order valence-corrected chi connectivity index (χ4v) is 3.02. The van der Waals surface area contributed by atoms with Crippen molar-refractivity contribution in [3.05, 3.63) is 53.8 Å². The Morgan fingerprint density at radius 2 is 1.67 bits per heavy atom. The van der Waals surface area contributed by atoms with E-state index < -0.39 is 21.7 Å². The molecule has 0 aromatic heterocycles. The number of nitrogens with one attached hydrogen (secondary N) is 1. The summed E-state index contributed by atoms with van der Waals surface area (Å²) < 4.78 is 49.4. The standard InChI is InChI=1S/C16H16FNO5S/c1-22-14-8-7-13(10-15(14)23-2)24(20,21)18-16(19)9-11-3-5-12(17)6-4-11/h3-8,10H,9H2,1-2H3,(H,18,19). The summed E-state index contributed by atoms with van der Waals surface area (Å²) in [6, 6.07) is 9.21. The highest BCUT2D eigenvalue weighted by Crippen LogP contribution is 2.29. The second kappa shape index (κ2) is 7.31. The number of hydrogen-bond acceptors (Lipinski definition) is 5. The number of carbonyl (C=O) groups excluding carboxylic acids is 1. The Hall–Kier alpha value is -2.61. The molecule has 2 aromatic carbocycles. The maximum Gasteiger partial charge on any atom is 0.264 e. The number of ether oxygens (including phenoxy) is 2. The van der Waals surface area contributed by atoms with Gasteiger partial charge in [0.1, 0.15) is 5.82 Å². The van der Waals surface area contributed by atoms with E-state index in [0.29, 0.717) is 11.3 Å². The van der Waals surface area contributed by atoms with Crippen LogP contribution in [0.1, 0.15) is 5.56 Å². The molecule has 0 fully saturated rings. The Labute approximate surface area is 139 Å². The Morgan fingerprint density at radius 3 is 2.25 bits per heavy atom. The normalized spacial score (nSPS) is 11.0. The van der Waals surface area contributed by atoms with Gasteiger partial charge in [0.2, 0.25) is 5.91 Å². The second-order valence-corrected chi connectivity index (χ2v) is 6.53. The van der Waals surface area contributed by atoms with Crippen molar-refractivity contribution in [2.75, 3.05) is 14.2 Å². The molecule has 6 nitrogen and oxygen atoms in total. The van der Waals surface area contributed by atoms with Gasteiger partial charge in [0.05, 0.1) is 25.5 Å². The monoisotopic (exact) mass is 353 g/mol. The van der Waals surface area contributed by atoms with Crippen LogP contribution in [-0.4, -0.2) is 28.5 Å². The zero-order chi connectivity index (χ0) is 17.7. The van der Waals surface area contributed by atoms with Crippen LogP contribution in [0.2, 0.25) is 0 Å². The van der Waals surface area contributed by atoms with Gasteiger partial charge in [-0.3, -0.25) is 4.79 Å². The van der Waals surface area contributed by atoms with E-state index in [9.17, 15) is 17.6 Å². The van der Waals surface area contributed by atoms with Crippen molar-refractivity contribution in [1.82, 2.24) is 4.72 Å². The number of benzene rings is 2. The molecule has 0 atom stereocenters. The highest BCUT2D eigenvalue weighted by atomic mass is 32.2. The minimum atomic E-state index is -4.05. The third kappa shape index (κ3) is 4.23. The molecule has 2 aromatic rings. The Bertz CT molecular complexity index is 834. The van der Waals surface area contributed by atoms with E-state index in [-0.39, 0.29) is 17.1 Å². The zero-order valence-corrected chi connectivity index (χ0v) is 13.9. The van der Waals surface area contributed by atoms with Gasteiger partial charge in [-0.05, 0) is 29.8 Å². The lowest BCUT2D eigenvalue weighted by atomic mass is 10.1. The van der Waals surface area contributed by atoms with Crippen LogP contribution < -0.4 is 14.2 Å². The minimum Gasteiger partial charge on any atom is -0.493 e. The van der Waals surface area contributed by atoms with Gasteiger partial charge in [0, 0.05) is 6.07 Å². The highest BCUT2D eigenvalue weighted by molar-refractivity contribution is 7.90. The van der Waals surface area contributed by atoms with Gasteiger partial charge in [-0.25, -0.2) is 17.5 Å². The van der Waals surface area contributed by atoms with Crippen molar-refractivity contribution in [3.63, 3.8) is 0 Å². The summed E-state index contributed by atoms with van der Waals surface area (Å²) in [7, 11) is -1.25. The summed E-state index contributed by atoms with van der Waals surface area (Å²) in [5.74, 6) is -0.561. The fraction of sp³-hybridized carbons (Fsp3) is 0.188. The number of hydrogen-bond donors (Lipinski definition) is 1. The molecule has 0 radical (unpaired) electrons. The fourth-order valence-electron chi connectivity index (χ4n) is 2.02. The van der Waals surface area contributed by atoms with E-state index in [0.717, 1.165) is 0 Å². The van der Waals surface area contributed by atoms with E-state index >= 15 is 0 Å². The van der Waals surface area contributed by atoms with Crippen molar-refractivity contribution in [1.29, 1.82) is 0 Å². The van der Waals surface area contributed by atoms with Gasteiger partial charge in [0.15, 0.2) is 11.5 Å². The number of sulfonamides is 1. The Balaban J connectivity index is 2.15. The van der Waals surface area contributed by atoms with E-state index in [2.05, 4.69) is 0 Å². The Morgan fingerprint density at radius 1 is 1.04 bits per heavy atom. The third-order valence-electron chi connectivity index (χ3n) is 3.19. The molecule has 0 saturated carbocycles. The van der Waals surface area contributed by atoms with Crippen LogP contribution in [0, 0.1) is 5.82 Å². The summed E-state index contributed by atoms with van der Waals surface area (Å²) >= 11 is 0. The molecule has 128 valence electrons. The van der Waals surface area contributed by atoms with Gasteiger partial charge < -0.3 is 9.47 Å². The van der Waals surface area contributed by atoms with Gasteiger partial charge in [-0.15, -0.1) is 0 Å². The van der Waals surface area contributed by atoms with Crippen LogP contribution in [0.3, 0.4) is 0 Å². The number of amides is 1. The van der Waals surface area contributed by atoms with E-state index in [1.807, 2.05) is 4.72 Å². The predicted octanol–water partition coefficient (Wildman–Crippen LogP) is 1.89. The van der Waals surface area contributed by atoms with Gasteiger partial charge >= 0.3 is 0 Å². The van der Waals surface area contributed by atoms with Crippen LogP contribution in [0.25, 0.3) is 0 Å². The molecule has 0 aliphatic heterocycles. The molecule has 0 saturated heterocycles. The lowest BCUT2D eigenvalue weighted by molar-refractivity contribution is -0.118. The van der Waals surface area contributed by atoms with Crippen molar-refractivity contribution < 1.29 is 27.1 Å². The lowest BCUT2D eigenvalue weighted by Crippen LogP contribution is -2.31. The first-order valence-electron chi connectivity index (χ1n) is 6.88. The maximum atomic E-state index is 12.8. The summed E-state index contributed by atoms with van der Waals surface area (Å²) in [4.78, 5) is 11.8. The molecule has 1 N–H and O–H groups in total. The Kier molecular flexibility index (Phi) is 5.40. The van der Waals surface area contributed by atoms with Crippen molar-refractivity contribution >= 4 is 15.9 Å². The van der Waals surface area contributed by atoms with Crippen molar-refractivity contribution in [3.8, 4) is 11.5 Å². The molecule has 0 unspecified atom stereocenters. The van der Waals surface area contributed by atoms with E-state index in [1.165, 1.54) is 56.7 Å². The highest BCUT2D eigenvalue weighted by Gasteiger charge is 2.20. The van der Waals surface area contributed by atoms with Crippen LogP contribution in [0.4, 0.5) is 4.39 Å². The molecular weight excluding hydrogens is 337 g/mol. The summed E-state index contributed by atoms with van der Waals surface area (Å²) in [5.41, 5.74) is 0.497. The first-order chi connectivity index (χ1) is 11.4. The average molecular weight is 353 g/mol. The molecule has 0 bridgehead atoms. The smallest absolute Gasteiger partial charge is 0.264 e. The summed E-state index contributed by atoms with van der Waals surface area (Å²) in [6.45, 7) is 0. The average Bonchev–Trinajstić information content (AvgIpc) is 2.55. The first-order valence-corrected chi connectivity index (χ1v) is 8.36. The van der Waals surface area contributed by atoms with E-state index in [1.54, 1.807) is 0 Å². The number of carbonyl (C=O) groups is 1. The van der Waals surface area contributed by atoms with Crippen molar-refractivity contribution in [2.24, 2.45) is 0 Å². The van der Waals surface area contributed by atoms with Gasteiger partial charge in [-0.1, -0.05) is 12.1 Å². The molecule has 24 heavy (non-hydrogen) atoms. The summed E-state index contributed by atoms with van der Waals surface area (Å²) in [6.07, 6.45) is -0.188. The molecule has 0 heterocycles. The van der Waals surface area contributed by atoms with E-state index in [4.69, 9.17) is 9.47 Å². The van der Waals surface area contributed by atoms with Crippen molar-refractivity contribution in [2.45, 2.75) is 11.3 Å². The number of halogens is 1. The maximum absolute atomic E-state index is 12.8. The predicted molar refractivity (Wildman–Crippen MR) is 85.0 cm³/mol. The van der Waals surface area contributed by atoms with Crippen LogP contribution in [0.5, 0.6) is 11.5 Å². The largest absolute Gasteiger partial charge is 0.493 e. The molecule has 0 spiro atoms.